The van der Waals surface area contributed by atoms with Gasteiger partial charge in [-0.15, -0.1) is 20.4 Å². The molecule has 36 nitrogen and oxygen atoms in total. The molecule has 0 atom stereocenters. The molecule has 546 valence electrons. The van der Waals surface area contributed by atoms with Crippen molar-refractivity contribution in [3.8, 4) is 63.5 Å². The molecule has 39 heteroatoms. The molecule has 2 fully saturated rings. The zero-order valence-corrected chi connectivity index (χ0v) is 57.2. The second-order valence-corrected chi connectivity index (χ2v) is 23.7. The number of nitrogens with one attached hydrogen (secondary N) is 4. The largest absolute Gasteiger partial charge is 0.493 e. The van der Waals surface area contributed by atoms with E-state index < -0.39 is 11.7 Å². The van der Waals surface area contributed by atoms with E-state index >= 15 is 0 Å². The summed E-state index contributed by atoms with van der Waals surface area (Å²) in [6.45, 7) is 11.5. The number of benzene rings is 4. The van der Waals surface area contributed by atoms with E-state index in [9.17, 15) is 13.2 Å². The van der Waals surface area contributed by atoms with Gasteiger partial charge in [0.2, 0.25) is 73.7 Å². The van der Waals surface area contributed by atoms with Crippen LogP contribution in [-0.4, -0.2) is 176 Å². The number of halogens is 3. The predicted molar refractivity (Wildman–Crippen MR) is 383 cm³/mol. The first kappa shape index (κ1) is 69.4. The number of ether oxygens (including phenoxy) is 8. The van der Waals surface area contributed by atoms with E-state index in [2.05, 4.69) is 120 Å². The lowest BCUT2D eigenvalue weighted by Crippen LogP contribution is -2.44. The van der Waals surface area contributed by atoms with E-state index in [0.29, 0.717) is 87.4 Å². The number of likely N-dealkylation sites (N-methyl/N-ethyl adjacent to an activating group) is 1. The minimum atomic E-state index is -4.47. The molecule has 5 aliphatic heterocycles. The Kier molecular flexibility index (Phi) is 19.9. The Morgan fingerprint density at radius 3 is 1.42 bits per heavy atom. The Morgan fingerprint density at radius 1 is 0.434 bits per heavy atom. The summed E-state index contributed by atoms with van der Waals surface area (Å²) in [5, 5.41) is 29.7. The summed E-state index contributed by atoms with van der Waals surface area (Å²) in [7, 11) is 3.69. The van der Waals surface area contributed by atoms with Crippen LogP contribution in [0.15, 0.2) is 140 Å². The number of aryl methyl sites for hydroxylation is 2. The molecule has 12 aromatic rings. The van der Waals surface area contributed by atoms with Crippen LogP contribution < -0.4 is 87.2 Å². The molecule has 2 saturated heterocycles. The van der Waals surface area contributed by atoms with Gasteiger partial charge in [0.1, 0.15) is 12.1 Å². The third-order valence-electron chi connectivity index (χ3n) is 16.4. The average molecular weight is 1450 g/mol. The van der Waals surface area contributed by atoms with Gasteiger partial charge in [0.15, 0.2) is 57.8 Å². The van der Waals surface area contributed by atoms with Crippen molar-refractivity contribution in [2.75, 3.05) is 141 Å². The number of nitrogens with zero attached hydrogens (tertiary/aromatic N) is 20. The lowest BCUT2D eigenvalue weighted by Gasteiger charge is -2.33. The van der Waals surface area contributed by atoms with Crippen LogP contribution in [0.25, 0.3) is 23.3 Å². The van der Waals surface area contributed by atoms with Gasteiger partial charge in [-0.05, 0) is 106 Å². The van der Waals surface area contributed by atoms with Crippen LogP contribution in [0.4, 0.5) is 95.0 Å². The van der Waals surface area contributed by atoms with Crippen LogP contribution >= 0.6 is 0 Å². The number of alkyl halides is 3. The number of hydrogen-bond donors (Lipinski definition) is 8. The van der Waals surface area contributed by atoms with Crippen molar-refractivity contribution in [2.45, 2.75) is 20.0 Å². The molecule has 12 N–H and O–H groups in total. The topological polar surface area (TPSA) is 423 Å². The molecule has 5 aliphatic rings. The van der Waals surface area contributed by atoms with Gasteiger partial charge in [-0.25, -0.2) is 24.9 Å². The van der Waals surface area contributed by atoms with Gasteiger partial charge in [0, 0.05) is 116 Å². The van der Waals surface area contributed by atoms with E-state index in [1.54, 1.807) is 43.8 Å². The van der Waals surface area contributed by atoms with Crippen molar-refractivity contribution in [3.05, 3.63) is 157 Å². The third kappa shape index (κ3) is 16.3. The highest BCUT2D eigenvalue weighted by atomic mass is 19.4. The number of morpholine rings is 1. The maximum absolute atomic E-state index is 12.6. The SMILES string of the molecule is CN1CCN(c2cc(-n3nc(Nc4ccc(N5CCOCC5)cc4)nc3N)ncn2)CC1.COc1cc(Nc2nc(N)n(-c3cccc(C)n3)n2)cc2c1OCO2.Cc1cccc(-n2nc(Nc3ccc4c(c3)OCO4)nc2N)n1.Nc1nc(Nc2ccc3c(c2)OCO3)nn1-c1ccc(C(F)(F)F)cn1. The van der Waals surface area contributed by atoms with Crippen LogP contribution in [0.5, 0.6) is 40.2 Å². The fraction of sp³-hybridized carbons (Fsp3) is 0.239. The fourth-order valence-electron chi connectivity index (χ4n) is 11.1. The maximum atomic E-state index is 12.6. The molecule has 13 heterocycles. The summed E-state index contributed by atoms with van der Waals surface area (Å²) in [6.07, 6.45) is -2.21. The maximum Gasteiger partial charge on any atom is 0.417 e. The molecule has 0 unspecified atom stereocenters. The Morgan fingerprint density at radius 2 is 0.906 bits per heavy atom. The van der Waals surface area contributed by atoms with Gasteiger partial charge in [0.05, 0.1) is 25.9 Å². The second kappa shape index (κ2) is 30.5. The van der Waals surface area contributed by atoms with Gasteiger partial charge in [-0.3, -0.25) is 0 Å². The molecule has 0 amide bonds. The van der Waals surface area contributed by atoms with Gasteiger partial charge < -0.3 is 96.8 Å². The van der Waals surface area contributed by atoms with Crippen molar-refractivity contribution < 1.29 is 51.1 Å². The number of fused-ring (bicyclic) bond motifs is 3. The van der Waals surface area contributed by atoms with Crippen LogP contribution in [0.1, 0.15) is 17.0 Å². The monoisotopic (exact) mass is 1450 g/mol. The summed E-state index contributed by atoms with van der Waals surface area (Å²) in [4.78, 5) is 45.0. The number of nitrogens with two attached hydrogens (primary N) is 4. The van der Waals surface area contributed by atoms with Gasteiger partial charge in [-0.1, -0.05) is 12.1 Å². The standard InChI is InChI=1S/C21H28N10O.C16H16N6O3.C15H11F3N6O2.C15H14N6O2/c1-28-6-8-30(9-7-28)18-14-19(24-15-23-18)31-20(22)26-21(27-31)25-16-2-4-17(5-3-16)29-10-12-32-13-11-29;1-9-4-3-5-13(18-9)22-15(17)20-16(21-22)19-10-6-11(23-2)14-12(7-10)24-8-25-14;16-15(17,18)8-1-4-12(20-6-8)24-13(19)22-14(23-24)21-9-2-3-10-11(5-9)26-7-25-10;1-9-3-2-4-13(17-9)21-14(16)19-15(20-21)18-10-5-6-11-12(7-10)23-8-22-11/h2-5,14-15H,6-13H2,1H3,(H3,22,25,26,27);3-7H,8H2,1-2H3,(H3,17,19,20,21);1-6H,7H2,(H3,19,21,22,23);2-7H,8H2,1H3,(H3,16,18,19,20). The molecule has 8 aromatic heterocycles. The van der Waals surface area contributed by atoms with Crippen molar-refractivity contribution >= 4 is 81.8 Å². The Hall–Kier alpha value is -13.7. The molecular weight excluding hydrogens is 1380 g/mol. The number of piperazine rings is 1. The first-order valence-electron chi connectivity index (χ1n) is 32.7. The van der Waals surface area contributed by atoms with Crippen LogP contribution in [0.2, 0.25) is 0 Å². The predicted octanol–water partition coefficient (Wildman–Crippen LogP) is 7.77. The molecule has 106 heavy (non-hydrogen) atoms. The van der Waals surface area contributed by atoms with Crippen molar-refractivity contribution in [1.82, 2.24) is 88.9 Å². The van der Waals surface area contributed by atoms with E-state index in [1.807, 2.05) is 86.6 Å². The average Bonchev–Trinajstić information content (AvgIpc) is 1.65. The van der Waals surface area contributed by atoms with Crippen molar-refractivity contribution in [2.24, 2.45) is 0 Å². The quantitative estimate of drug-likeness (QED) is 0.0485. The Balaban J connectivity index is 0.000000120. The molecule has 0 spiro atoms. The lowest BCUT2D eigenvalue weighted by molar-refractivity contribution is -0.137. The summed E-state index contributed by atoms with van der Waals surface area (Å²) in [6, 6.07) is 37.6. The summed E-state index contributed by atoms with van der Waals surface area (Å²) in [5.74, 6) is 9.14. The molecule has 0 saturated carbocycles. The third-order valence-corrected chi connectivity index (χ3v) is 16.4. The van der Waals surface area contributed by atoms with Crippen molar-refractivity contribution in [3.63, 3.8) is 0 Å². The summed E-state index contributed by atoms with van der Waals surface area (Å²) >= 11 is 0. The fourth-order valence-corrected chi connectivity index (χ4v) is 11.1. The number of anilines is 14. The van der Waals surface area contributed by atoms with E-state index in [0.717, 1.165) is 104 Å². The highest BCUT2D eigenvalue weighted by Gasteiger charge is 2.31. The summed E-state index contributed by atoms with van der Waals surface area (Å²) < 4.78 is 86.1. The second-order valence-electron chi connectivity index (χ2n) is 23.7. The normalized spacial score (nSPS) is 14.1. The smallest absolute Gasteiger partial charge is 0.417 e. The lowest BCUT2D eigenvalue weighted by atomic mass is 10.2. The Bertz CT molecular complexity index is 5070. The number of hydrogen-bond acceptors (Lipinski definition) is 32. The molecular formula is C67H69F3N28O8. The first-order chi connectivity index (χ1) is 51.4. The molecule has 0 radical (unpaired) electrons. The number of methoxy groups -OCH3 is 1. The van der Waals surface area contributed by atoms with Gasteiger partial charge in [0.25, 0.3) is 0 Å². The zero-order valence-electron chi connectivity index (χ0n) is 57.2. The van der Waals surface area contributed by atoms with E-state index in [-0.39, 0.29) is 55.9 Å². The Labute approximate surface area is 601 Å². The molecule has 17 rings (SSSR count). The minimum Gasteiger partial charge on any atom is -0.493 e. The van der Waals surface area contributed by atoms with E-state index in [1.165, 1.54) is 19.7 Å². The van der Waals surface area contributed by atoms with Gasteiger partial charge >= 0.3 is 6.18 Å². The van der Waals surface area contributed by atoms with Gasteiger partial charge in [-0.2, -0.15) is 51.8 Å². The molecule has 4 aromatic carbocycles. The first-order valence-corrected chi connectivity index (χ1v) is 32.7. The number of aromatic nitrogens is 17. The van der Waals surface area contributed by atoms with Crippen LogP contribution in [-0.2, 0) is 10.9 Å². The van der Waals surface area contributed by atoms with Crippen LogP contribution in [0, 0.1) is 13.8 Å². The highest BCUT2D eigenvalue weighted by molar-refractivity contribution is 5.68. The molecule has 0 bridgehead atoms. The van der Waals surface area contributed by atoms with E-state index in [4.69, 9.17) is 60.8 Å². The zero-order chi connectivity index (χ0) is 73.4. The van der Waals surface area contributed by atoms with Crippen LogP contribution in [0.3, 0.4) is 0 Å². The number of rotatable bonds is 15. The number of nitrogen functional groups attached to an aromatic ring is 4. The van der Waals surface area contributed by atoms with Crippen molar-refractivity contribution in [1.29, 1.82) is 0 Å². The number of pyridine rings is 3. The highest BCUT2D eigenvalue weighted by Crippen LogP contribution is 2.44. The summed E-state index contributed by atoms with van der Waals surface area (Å²) in [5.41, 5.74) is 28.9. The minimum absolute atomic E-state index is 0.0273. The molecule has 0 aliphatic carbocycles.